The van der Waals surface area contributed by atoms with Gasteiger partial charge in [0, 0.05) is 29.8 Å². The third kappa shape index (κ3) is 3.17. The summed E-state index contributed by atoms with van der Waals surface area (Å²) in [4.78, 5) is 6.07. The van der Waals surface area contributed by atoms with E-state index in [1.807, 2.05) is 31.3 Å². The Morgan fingerprint density at radius 1 is 1.37 bits per heavy atom. The Balaban J connectivity index is 2.26. The second kappa shape index (κ2) is 5.93. The fourth-order valence-electron chi connectivity index (χ4n) is 1.96. The second-order valence-electron chi connectivity index (χ2n) is 4.25. The Labute approximate surface area is 121 Å². The molecule has 0 radical (unpaired) electrons. The Kier molecular flexibility index (Phi) is 4.27. The van der Waals surface area contributed by atoms with Gasteiger partial charge in [0.05, 0.1) is 24.7 Å². The number of anilines is 2. The van der Waals surface area contributed by atoms with Crippen molar-refractivity contribution in [3.63, 3.8) is 0 Å². The molecule has 5 heteroatoms. The molecule has 2 aromatic rings. The summed E-state index contributed by atoms with van der Waals surface area (Å²) in [7, 11) is 3.67. The van der Waals surface area contributed by atoms with Gasteiger partial charge in [-0.1, -0.05) is 15.9 Å². The fraction of sp³-hybridized carbons (Fsp3) is 0.214. The monoisotopic (exact) mass is 321 g/mol. The zero-order valence-corrected chi connectivity index (χ0v) is 12.5. The van der Waals surface area contributed by atoms with E-state index in [0.717, 1.165) is 21.5 Å². The quantitative estimate of drug-likeness (QED) is 0.940. The summed E-state index contributed by atoms with van der Waals surface area (Å²) in [6.45, 7) is 0.705. The zero-order chi connectivity index (χ0) is 13.8. The SMILES string of the molecule is COc1ccc(Br)cc1CN(C)c1ccncc1N. The van der Waals surface area contributed by atoms with Crippen LogP contribution in [0.25, 0.3) is 0 Å². The van der Waals surface area contributed by atoms with Gasteiger partial charge in [0.2, 0.25) is 0 Å². The average Bonchev–Trinajstić information content (AvgIpc) is 2.39. The molecule has 0 atom stereocenters. The van der Waals surface area contributed by atoms with E-state index in [1.54, 1.807) is 19.5 Å². The topological polar surface area (TPSA) is 51.4 Å². The molecule has 4 nitrogen and oxygen atoms in total. The van der Waals surface area contributed by atoms with Crippen LogP contribution in [0.1, 0.15) is 5.56 Å². The molecule has 2 N–H and O–H groups in total. The molecule has 0 aliphatic rings. The number of halogens is 1. The van der Waals surface area contributed by atoms with E-state index in [1.165, 1.54) is 0 Å². The van der Waals surface area contributed by atoms with Crippen LogP contribution in [0.3, 0.4) is 0 Å². The van der Waals surface area contributed by atoms with Crippen LogP contribution in [0.2, 0.25) is 0 Å². The summed E-state index contributed by atoms with van der Waals surface area (Å²) < 4.78 is 6.40. The molecule has 1 aromatic carbocycles. The van der Waals surface area contributed by atoms with Crippen molar-refractivity contribution < 1.29 is 4.74 Å². The molecule has 0 saturated heterocycles. The number of rotatable bonds is 4. The number of aromatic nitrogens is 1. The number of benzene rings is 1. The van der Waals surface area contributed by atoms with Crippen molar-refractivity contribution in [1.29, 1.82) is 0 Å². The van der Waals surface area contributed by atoms with E-state index >= 15 is 0 Å². The maximum atomic E-state index is 5.93. The minimum atomic E-state index is 0.666. The van der Waals surface area contributed by atoms with Gasteiger partial charge in [-0.2, -0.15) is 0 Å². The van der Waals surface area contributed by atoms with Gasteiger partial charge in [-0.25, -0.2) is 0 Å². The highest BCUT2D eigenvalue weighted by atomic mass is 79.9. The highest BCUT2D eigenvalue weighted by Gasteiger charge is 2.10. The first-order valence-corrected chi connectivity index (χ1v) is 6.64. The fourth-order valence-corrected chi connectivity index (χ4v) is 2.37. The molecular formula is C14H16BrN3O. The molecule has 0 unspecified atom stereocenters. The number of hydrogen-bond acceptors (Lipinski definition) is 4. The van der Waals surface area contributed by atoms with E-state index in [0.29, 0.717) is 12.2 Å². The van der Waals surface area contributed by atoms with E-state index in [2.05, 4.69) is 25.8 Å². The molecule has 0 saturated carbocycles. The van der Waals surface area contributed by atoms with Crippen molar-refractivity contribution in [1.82, 2.24) is 4.98 Å². The number of nitrogens with two attached hydrogens (primary N) is 1. The first-order valence-electron chi connectivity index (χ1n) is 5.85. The molecule has 1 aromatic heterocycles. The predicted octanol–water partition coefficient (Wildman–Crippen LogP) is 3.07. The molecule has 0 fully saturated rings. The van der Waals surface area contributed by atoms with Crippen molar-refractivity contribution >= 4 is 27.3 Å². The summed E-state index contributed by atoms with van der Waals surface area (Å²) in [6, 6.07) is 7.86. The number of hydrogen-bond donors (Lipinski definition) is 1. The highest BCUT2D eigenvalue weighted by Crippen LogP contribution is 2.27. The molecule has 0 spiro atoms. The van der Waals surface area contributed by atoms with Gasteiger partial charge >= 0.3 is 0 Å². The minimum absolute atomic E-state index is 0.666. The maximum Gasteiger partial charge on any atom is 0.123 e. The Morgan fingerprint density at radius 3 is 2.84 bits per heavy atom. The van der Waals surface area contributed by atoms with Gasteiger partial charge in [0.15, 0.2) is 0 Å². The Morgan fingerprint density at radius 2 is 2.16 bits per heavy atom. The zero-order valence-electron chi connectivity index (χ0n) is 10.9. The number of nitrogen functional groups attached to an aromatic ring is 1. The van der Waals surface area contributed by atoms with Crippen LogP contribution < -0.4 is 15.4 Å². The summed E-state index contributed by atoms with van der Waals surface area (Å²) in [6.07, 6.45) is 3.39. The lowest BCUT2D eigenvalue weighted by Crippen LogP contribution is -2.18. The Bertz CT molecular complexity index is 574. The third-order valence-corrected chi connectivity index (χ3v) is 3.38. The van der Waals surface area contributed by atoms with Crippen molar-refractivity contribution in [3.8, 4) is 5.75 Å². The number of methoxy groups -OCH3 is 1. The normalized spacial score (nSPS) is 10.3. The number of ether oxygens (including phenoxy) is 1. The van der Waals surface area contributed by atoms with Crippen LogP contribution in [-0.4, -0.2) is 19.1 Å². The first-order chi connectivity index (χ1) is 9.11. The van der Waals surface area contributed by atoms with Crippen molar-refractivity contribution in [2.45, 2.75) is 6.54 Å². The molecule has 19 heavy (non-hydrogen) atoms. The van der Waals surface area contributed by atoms with Crippen LogP contribution in [0, 0.1) is 0 Å². The largest absolute Gasteiger partial charge is 0.496 e. The van der Waals surface area contributed by atoms with Gasteiger partial charge in [-0.3, -0.25) is 4.98 Å². The van der Waals surface area contributed by atoms with Crippen LogP contribution in [-0.2, 0) is 6.54 Å². The van der Waals surface area contributed by atoms with E-state index in [-0.39, 0.29) is 0 Å². The smallest absolute Gasteiger partial charge is 0.123 e. The van der Waals surface area contributed by atoms with Crippen LogP contribution >= 0.6 is 15.9 Å². The Hall–Kier alpha value is -1.75. The molecule has 0 bridgehead atoms. The third-order valence-electron chi connectivity index (χ3n) is 2.89. The molecule has 2 rings (SSSR count). The van der Waals surface area contributed by atoms with Crippen molar-refractivity contribution in [3.05, 3.63) is 46.7 Å². The first kappa shape index (κ1) is 13.7. The van der Waals surface area contributed by atoms with Crippen LogP contribution in [0.5, 0.6) is 5.75 Å². The van der Waals surface area contributed by atoms with E-state index in [4.69, 9.17) is 10.5 Å². The lowest BCUT2D eigenvalue weighted by atomic mass is 10.2. The van der Waals surface area contributed by atoms with Gasteiger partial charge in [-0.15, -0.1) is 0 Å². The molecule has 0 amide bonds. The molecule has 1 heterocycles. The number of nitrogens with zero attached hydrogens (tertiary/aromatic N) is 2. The summed E-state index contributed by atoms with van der Waals surface area (Å²) in [5.74, 6) is 0.864. The van der Waals surface area contributed by atoms with Gasteiger partial charge < -0.3 is 15.4 Å². The second-order valence-corrected chi connectivity index (χ2v) is 5.16. The molecule has 100 valence electrons. The number of pyridine rings is 1. The van der Waals surface area contributed by atoms with Crippen molar-refractivity contribution in [2.75, 3.05) is 24.8 Å². The van der Waals surface area contributed by atoms with Crippen LogP contribution in [0.4, 0.5) is 11.4 Å². The predicted molar refractivity (Wildman–Crippen MR) is 81.5 cm³/mol. The van der Waals surface area contributed by atoms with Gasteiger partial charge in [0.25, 0.3) is 0 Å². The average molecular weight is 322 g/mol. The lowest BCUT2D eigenvalue weighted by Gasteiger charge is -2.22. The van der Waals surface area contributed by atoms with Gasteiger partial charge in [0.1, 0.15) is 5.75 Å². The summed E-state index contributed by atoms with van der Waals surface area (Å²) >= 11 is 3.48. The molecular weight excluding hydrogens is 306 g/mol. The standard InChI is InChI=1S/C14H16BrN3O/c1-18(13-5-6-17-8-12(13)16)9-10-7-11(15)3-4-14(10)19-2/h3-8H,9,16H2,1-2H3. The molecule has 0 aliphatic carbocycles. The highest BCUT2D eigenvalue weighted by molar-refractivity contribution is 9.10. The van der Waals surface area contributed by atoms with E-state index < -0.39 is 0 Å². The maximum absolute atomic E-state index is 5.93. The van der Waals surface area contributed by atoms with Crippen LogP contribution in [0.15, 0.2) is 41.1 Å². The minimum Gasteiger partial charge on any atom is -0.496 e. The molecule has 0 aliphatic heterocycles. The van der Waals surface area contributed by atoms with Gasteiger partial charge in [-0.05, 0) is 24.3 Å². The lowest BCUT2D eigenvalue weighted by molar-refractivity contribution is 0.409. The van der Waals surface area contributed by atoms with E-state index in [9.17, 15) is 0 Å². The van der Waals surface area contributed by atoms with Crippen molar-refractivity contribution in [2.24, 2.45) is 0 Å². The summed E-state index contributed by atoms with van der Waals surface area (Å²) in [5.41, 5.74) is 8.65. The summed E-state index contributed by atoms with van der Waals surface area (Å²) in [5, 5.41) is 0.